The zero-order valence-corrected chi connectivity index (χ0v) is 13.3. The summed E-state index contributed by atoms with van der Waals surface area (Å²) in [6.07, 6.45) is 6.01. The topological polar surface area (TPSA) is 15.3 Å². The molecule has 2 rings (SSSR count). The second kappa shape index (κ2) is 6.94. The van der Waals surface area contributed by atoms with E-state index in [0.717, 1.165) is 12.0 Å². The van der Waals surface area contributed by atoms with Crippen molar-refractivity contribution in [3.63, 3.8) is 0 Å². The Bertz CT molecular complexity index is 447. The quantitative estimate of drug-likeness (QED) is 0.882. The van der Waals surface area contributed by atoms with Gasteiger partial charge in [0.25, 0.3) is 0 Å². The van der Waals surface area contributed by atoms with Crippen LogP contribution in [0.5, 0.6) is 0 Å². The summed E-state index contributed by atoms with van der Waals surface area (Å²) >= 11 is 0. The first kappa shape index (κ1) is 15.1. The Labute approximate surface area is 123 Å². The van der Waals surface area contributed by atoms with Crippen LogP contribution in [0.25, 0.3) is 5.70 Å². The van der Waals surface area contributed by atoms with Gasteiger partial charge in [-0.15, -0.1) is 0 Å². The number of hydrogen-bond acceptors (Lipinski definition) is 2. The average Bonchev–Trinajstić information content (AvgIpc) is 2.88. The third-order valence-electron chi connectivity index (χ3n) is 4.61. The van der Waals surface area contributed by atoms with E-state index >= 15 is 0 Å². The molecule has 0 spiro atoms. The third kappa shape index (κ3) is 3.43. The lowest BCUT2D eigenvalue weighted by atomic mass is 9.92. The first-order valence-corrected chi connectivity index (χ1v) is 7.79. The van der Waals surface area contributed by atoms with E-state index in [2.05, 4.69) is 61.5 Å². The van der Waals surface area contributed by atoms with Gasteiger partial charge in [-0.25, -0.2) is 0 Å². The maximum Gasteiger partial charge on any atom is 0.0367 e. The molecule has 2 atom stereocenters. The first-order chi connectivity index (χ1) is 9.65. The number of nitrogens with zero attached hydrogens (tertiary/aromatic N) is 1. The summed E-state index contributed by atoms with van der Waals surface area (Å²) in [5, 5.41) is 3.23. The van der Waals surface area contributed by atoms with Crippen LogP contribution in [0.4, 0.5) is 0 Å². The summed E-state index contributed by atoms with van der Waals surface area (Å²) in [5.74, 6) is 0.735. The van der Waals surface area contributed by atoms with Crippen LogP contribution in [0.15, 0.2) is 30.3 Å². The van der Waals surface area contributed by atoms with E-state index in [1.54, 1.807) is 0 Å². The van der Waals surface area contributed by atoms with Gasteiger partial charge in [0.15, 0.2) is 0 Å². The van der Waals surface area contributed by atoms with Gasteiger partial charge in [0.1, 0.15) is 0 Å². The van der Waals surface area contributed by atoms with E-state index < -0.39 is 0 Å². The minimum absolute atomic E-state index is 0.735. The number of benzene rings is 1. The van der Waals surface area contributed by atoms with Crippen LogP contribution >= 0.6 is 0 Å². The lowest BCUT2D eigenvalue weighted by Gasteiger charge is -2.26. The molecule has 1 N–H and O–H groups in total. The van der Waals surface area contributed by atoms with Crippen LogP contribution in [-0.4, -0.2) is 31.6 Å². The number of likely N-dealkylation sites (tertiary alicyclic amines) is 1. The van der Waals surface area contributed by atoms with Gasteiger partial charge >= 0.3 is 0 Å². The first-order valence-electron chi connectivity index (χ1n) is 7.79. The lowest BCUT2D eigenvalue weighted by molar-refractivity contribution is 0.237. The van der Waals surface area contributed by atoms with E-state index in [4.69, 9.17) is 0 Å². The fourth-order valence-corrected chi connectivity index (χ4v) is 3.44. The maximum atomic E-state index is 3.23. The molecule has 20 heavy (non-hydrogen) atoms. The summed E-state index contributed by atoms with van der Waals surface area (Å²) in [5.41, 5.74) is 3.91. The standard InChI is InChI=1S/C18H28N2/c1-5-17(19-3)16-10-8-15(9-11-16)13-14(2)18-7-6-12-20(18)4/h5,8-11,14,18-19H,6-7,12-13H2,1-4H3/b17-5-. The average molecular weight is 272 g/mol. The molecule has 1 aromatic rings. The summed E-state index contributed by atoms with van der Waals surface area (Å²) < 4.78 is 0. The molecule has 1 aromatic carbocycles. The van der Waals surface area contributed by atoms with Crippen molar-refractivity contribution in [3.8, 4) is 0 Å². The van der Waals surface area contributed by atoms with Gasteiger partial charge in [-0.3, -0.25) is 0 Å². The molecule has 2 heteroatoms. The zero-order valence-electron chi connectivity index (χ0n) is 13.3. The Hall–Kier alpha value is -1.28. The van der Waals surface area contributed by atoms with E-state index in [0.29, 0.717) is 0 Å². The Morgan fingerprint density at radius 3 is 2.60 bits per heavy atom. The molecule has 1 fully saturated rings. The zero-order chi connectivity index (χ0) is 14.5. The molecule has 0 bridgehead atoms. The second-order valence-corrected chi connectivity index (χ2v) is 6.02. The summed E-state index contributed by atoms with van der Waals surface area (Å²) in [6, 6.07) is 9.78. The molecular weight excluding hydrogens is 244 g/mol. The van der Waals surface area contributed by atoms with E-state index in [1.165, 1.54) is 42.6 Å². The van der Waals surface area contributed by atoms with E-state index in [-0.39, 0.29) is 0 Å². The Morgan fingerprint density at radius 1 is 1.40 bits per heavy atom. The summed E-state index contributed by atoms with van der Waals surface area (Å²) in [4.78, 5) is 2.53. The highest BCUT2D eigenvalue weighted by atomic mass is 15.1. The van der Waals surface area contributed by atoms with Crippen molar-refractivity contribution in [2.45, 2.75) is 39.2 Å². The van der Waals surface area contributed by atoms with Gasteiger partial charge in [-0.1, -0.05) is 37.3 Å². The van der Waals surface area contributed by atoms with Crippen molar-refractivity contribution in [2.24, 2.45) is 5.92 Å². The molecule has 110 valence electrons. The number of rotatable bonds is 5. The molecule has 0 amide bonds. The maximum absolute atomic E-state index is 3.23. The molecule has 0 radical (unpaired) electrons. The Morgan fingerprint density at radius 2 is 2.10 bits per heavy atom. The van der Waals surface area contributed by atoms with Gasteiger partial charge < -0.3 is 10.2 Å². The van der Waals surface area contributed by atoms with E-state index in [9.17, 15) is 0 Å². The van der Waals surface area contributed by atoms with Crippen molar-refractivity contribution in [2.75, 3.05) is 20.6 Å². The normalized spacial score (nSPS) is 22.0. The second-order valence-electron chi connectivity index (χ2n) is 6.02. The van der Waals surface area contributed by atoms with Crippen LogP contribution < -0.4 is 5.32 Å². The fourth-order valence-electron chi connectivity index (χ4n) is 3.44. The number of hydrogen-bond donors (Lipinski definition) is 1. The lowest BCUT2D eigenvalue weighted by Crippen LogP contribution is -2.32. The van der Waals surface area contributed by atoms with Gasteiger partial charge in [0, 0.05) is 18.8 Å². The van der Waals surface area contributed by atoms with Gasteiger partial charge in [0.05, 0.1) is 0 Å². The largest absolute Gasteiger partial charge is 0.388 e. The molecule has 2 nitrogen and oxygen atoms in total. The molecule has 0 aliphatic carbocycles. The van der Waals surface area contributed by atoms with Gasteiger partial charge in [0.2, 0.25) is 0 Å². The molecule has 1 heterocycles. The molecule has 1 saturated heterocycles. The van der Waals surface area contributed by atoms with Crippen molar-refractivity contribution in [1.82, 2.24) is 10.2 Å². The number of nitrogens with one attached hydrogen (secondary N) is 1. The van der Waals surface area contributed by atoms with Crippen LogP contribution in [0.1, 0.15) is 37.8 Å². The Kier molecular flexibility index (Phi) is 5.24. The molecule has 1 aliphatic heterocycles. The monoisotopic (exact) mass is 272 g/mol. The molecule has 2 unspecified atom stereocenters. The smallest absolute Gasteiger partial charge is 0.0367 e. The molecule has 0 saturated carbocycles. The highest BCUT2D eigenvalue weighted by molar-refractivity contribution is 5.63. The van der Waals surface area contributed by atoms with Crippen LogP contribution in [0.3, 0.4) is 0 Å². The minimum Gasteiger partial charge on any atom is -0.388 e. The van der Waals surface area contributed by atoms with Crippen LogP contribution in [-0.2, 0) is 6.42 Å². The van der Waals surface area contributed by atoms with E-state index in [1.807, 2.05) is 7.05 Å². The van der Waals surface area contributed by atoms with Crippen molar-refractivity contribution >= 4 is 5.70 Å². The van der Waals surface area contributed by atoms with Crippen molar-refractivity contribution in [3.05, 3.63) is 41.5 Å². The summed E-state index contributed by atoms with van der Waals surface area (Å²) in [7, 11) is 4.24. The van der Waals surface area contributed by atoms with Gasteiger partial charge in [-0.05, 0) is 56.8 Å². The predicted molar refractivity (Wildman–Crippen MR) is 87.7 cm³/mol. The van der Waals surface area contributed by atoms with Crippen LogP contribution in [0, 0.1) is 5.92 Å². The molecular formula is C18H28N2. The fraction of sp³-hybridized carbons (Fsp3) is 0.556. The highest BCUT2D eigenvalue weighted by Gasteiger charge is 2.26. The predicted octanol–water partition coefficient (Wildman–Crippen LogP) is 3.54. The SMILES string of the molecule is C/C=C(\NC)c1ccc(CC(C)C2CCCN2C)cc1. The van der Waals surface area contributed by atoms with Crippen LogP contribution in [0.2, 0.25) is 0 Å². The van der Waals surface area contributed by atoms with Gasteiger partial charge in [-0.2, -0.15) is 0 Å². The number of allylic oxidation sites excluding steroid dienone is 1. The highest BCUT2D eigenvalue weighted by Crippen LogP contribution is 2.25. The third-order valence-corrected chi connectivity index (χ3v) is 4.61. The molecule has 1 aliphatic rings. The Balaban J connectivity index is 2.00. The summed E-state index contributed by atoms with van der Waals surface area (Å²) in [6.45, 7) is 5.73. The minimum atomic E-state index is 0.735. The van der Waals surface area contributed by atoms with Crippen molar-refractivity contribution in [1.29, 1.82) is 0 Å². The van der Waals surface area contributed by atoms with Crippen molar-refractivity contribution < 1.29 is 0 Å². The molecule has 0 aromatic heterocycles.